The first-order valence-electron chi connectivity index (χ1n) is 9.12. The number of anilines is 1. The van der Waals surface area contributed by atoms with Crippen molar-refractivity contribution in [1.82, 2.24) is 9.78 Å². The van der Waals surface area contributed by atoms with E-state index in [1.807, 2.05) is 0 Å². The predicted octanol–water partition coefficient (Wildman–Crippen LogP) is 3.15. The highest BCUT2D eigenvalue weighted by molar-refractivity contribution is 5.92. The van der Waals surface area contributed by atoms with E-state index < -0.39 is 24.4 Å². The number of epoxide rings is 1. The molecular weight excluding hydrogens is 403 g/mol. The number of benzene rings is 2. The summed E-state index contributed by atoms with van der Waals surface area (Å²) in [7, 11) is 1.51. The van der Waals surface area contributed by atoms with Gasteiger partial charge in [0.2, 0.25) is 12.4 Å². The molecule has 1 fully saturated rings. The largest absolute Gasteiger partial charge is 0.454 e. The summed E-state index contributed by atoms with van der Waals surface area (Å²) >= 11 is 0. The summed E-state index contributed by atoms with van der Waals surface area (Å²) in [5.74, 6) is 0.606. The first-order chi connectivity index (χ1) is 14.3. The number of ether oxygens (including phenoxy) is 3. The molecule has 5 rings (SSSR count). The van der Waals surface area contributed by atoms with Crippen LogP contribution < -0.4 is 20.3 Å². The van der Waals surface area contributed by atoms with Crippen LogP contribution in [0.1, 0.15) is 11.6 Å². The van der Waals surface area contributed by atoms with E-state index in [1.54, 1.807) is 36.4 Å². The highest BCUT2D eigenvalue weighted by atomic mass is 19.4. The molecule has 156 valence electrons. The summed E-state index contributed by atoms with van der Waals surface area (Å²) in [6, 6.07) is 8.25. The lowest BCUT2D eigenvalue weighted by Gasteiger charge is -2.29. The van der Waals surface area contributed by atoms with E-state index in [0.717, 1.165) is 0 Å². The number of rotatable bonds is 4. The summed E-state index contributed by atoms with van der Waals surface area (Å²) in [6.45, 7) is -0.573. The molecule has 2 unspecified atom stereocenters. The van der Waals surface area contributed by atoms with Crippen LogP contribution in [-0.4, -0.2) is 35.0 Å². The summed E-state index contributed by atoms with van der Waals surface area (Å²) in [5.41, 5.74) is -2.19. The Bertz CT molecular complexity index is 1200. The molecule has 10 heteroatoms. The molecule has 3 aromatic rings. The smallest absolute Gasteiger partial charge is 0.422 e. The number of para-hydroxylation sites is 1. The van der Waals surface area contributed by atoms with Crippen LogP contribution >= 0.6 is 0 Å². The van der Waals surface area contributed by atoms with Crippen LogP contribution in [0.25, 0.3) is 10.8 Å². The van der Waals surface area contributed by atoms with Crippen molar-refractivity contribution in [3.05, 3.63) is 58.5 Å². The molecule has 1 saturated heterocycles. The average molecular weight is 419 g/mol. The summed E-state index contributed by atoms with van der Waals surface area (Å²) < 4.78 is 59.0. The SMILES string of the molecule is Cn1ncc2c(NC(c3cccc4c3OCO4)C3(C(F)(F)F)CO3)cccc2c1=O. The zero-order valence-electron chi connectivity index (χ0n) is 15.7. The van der Waals surface area contributed by atoms with Gasteiger partial charge in [0.05, 0.1) is 24.2 Å². The van der Waals surface area contributed by atoms with Crippen molar-refractivity contribution in [2.24, 2.45) is 7.05 Å². The summed E-state index contributed by atoms with van der Waals surface area (Å²) in [6.07, 6.45) is -3.19. The Morgan fingerprint density at radius 2 is 1.93 bits per heavy atom. The van der Waals surface area contributed by atoms with E-state index in [4.69, 9.17) is 14.2 Å². The topological polar surface area (TPSA) is 77.9 Å². The normalized spacial score (nSPS) is 20.9. The molecule has 7 nitrogen and oxygen atoms in total. The number of aromatic nitrogens is 2. The predicted molar refractivity (Wildman–Crippen MR) is 101 cm³/mol. The van der Waals surface area contributed by atoms with Gasteiger partial charge in [-0.1, -0.05) is 18.2 Å². The number of alkyl halides is 3. The Balaban J connectivity index is 1.67. The Labute approximate surface area is 168 Å². The second-order valence-electron chi connectivity index (χ2n) is 7.17. The van der Waals surface area contributed by atoms with Crippen molar-refractivity contribution in [2.45, 2.75) is 17.8 Å². The molecule has 2 aromatic carbocycles. The molecule has 0 amide bonds. The van der Waals surface area contributed by atoms with Gasteiger partial charge in [-0.15, -0.1) is 0 Å². The Morgan fingerprint density at radius 3 is 2.67 bits per heavy atom. The Kier molecular flexibility index (Phi) is 3.97. The second-order valence-corrected chi connectivity index (χ2v) is 7.17. The molecule has 2 atom stereocenters. The zero-order valence-corrected chi connectivity index (χ0v) is 15.7. The van der Waals surface area contributed by atoms with Crippen LogP contribution in [0.15, 0.2) is 47.4 Å². The summed E-state index contributed by atoms with van der Waals surface area (Å²) in [5, 5.41) is 7.70. The molecule has 0 bridgehead atoms. The molecule has 2 aliphatic heterocycles. The third kappa shape index (κ3) is 2.71. The van der Waals surface area contributed by atoms with Gasteiger partial charge in [-0.2, -0.15) is 18.3 Å². The first-order valence-corrected chi connectivity index (χ1v) is 9.12. The van der Waals surface area contributed by atoms with Gasteiger partial charge in [0, 0.05) is 23.7 Å². The van der Waals surface area contributed by atoms with Crippen LogP contribution in [0, 0.1) is 0 Å². The van der Waals surface area contributed by atoms with Gasteiger partial charge in [-0.25, -0.2) is 4.68 Å². The molecular formula is C20H16F3N3O4. The average Bonchev–Trinajstić information content (AvgIpc) is 3.39. The molecule has 30 heavy (non-hydrogen) atoms. The van der Waals surface area contributed by atoms with Crippen molar-refractivity contribution in [2.75, 3.05) is 18.7 Å². The monoisotopic (exact) mass is 419 g/mol. The minimum atomic E-state index is -4.63. The number of aryl methyl sites for hydroxylation is 1. The van der Waals surface area contributed by atoms with Crippen LogP contribution in [-0.2, 0) is 11.8 Å². The molecule has 0 saturated carbocycles. The van der Waals surface area contributed by atoms with Gasteiger partial charge in [-0.05, 0) is 18.2 Å². The number of halogens is 3. The lowest BCUT2D eigenvalue weighted by molar-refractivity contribution is -0.188. The fourth-order valence-electron chi connectivity index (χ4n) is 3.74. The van der Waals surface area contributed by atoms with E-state index in [0.29, 0.717) is 22.2 Å². The lowest BCUT2D eigenvalue weighted by Crippen LogP contribution is -2.42. The third-order valence-electron chi connectivity index (χ3n) is 5.43. The van der Waals surface area contributed by atoms with Crippen molar-refractivity contribution >= 4 is 16.5 Å². The molecule has 0 radical (unpaired) electrons. The maximum absolute atomic E-state index is 14.0. The molecule has 1 aromatic heterocycles. The van der Waals surface area contributed by atoms with Crippen molar-refractivity contribution < 1.29 is 27.4 Å². The van der Waals surface area contributed by atoms with Crippen LogP contribution in [0.5, 0.6) is 11.5 Å². The van der Waals surface area contributed by atoms with Gasteiger partial charge in [0.1, 0.15) is 0 Å². The Hall–Kier alpha value is -3.27. The quantitative estimate of drug-likeness (QED) is 0.655. The number of fused-ring (bicyclic) bond motifs is 2. The molecule has 0 spiro atoms. The third-order valence-corrected chi connectivity index (χ3v) is 5.43. The maximum Gasteiger partial charge on any atom is 0.422 e. The number of nitrogens with zero attached hydrogens (tertiary/aromatic N) is 2. The van der Waals surface area contributed by atoms with Crippen molar-refractivity contribution in [1.29, 1.82) is 0 Å². The second kappa shape index (κ2) is 6.36. The highest BCUT2D eigenvalue weighted by Gasteiger charge is 2.71. The molecule has 2 aliphatic rings. The Morgan fingerprint density at radius 1 is 1.17 bits per heavy atom. The fourth-order valence-corrected chi connectivity index (χ4v) is 3.74. The van der Waals surface area contributed by atoms with E-state index >= 15 is 0 Å². The van der Waals surface area contributed by atoms with Crippen LogP contribution in [0.3, 0.4) is 0 Å². The van der Waals surface area contributed by atoms with Gasteiger partial charge < -0.3 is 19.5 Å². The van der Waals surface area contributed by atoms with Gasteiger partial charge in [0.15, 0.2) is 11.5 Å². The van der Waals surface area contributed by atoms with Gasteiger partial charge >= 0.3 is 6.18 Å². The van der Waals surface area contributed by atoms with Crippen molar-refractivity contribution in [3.63, 3.8) is 0 Å². The van der Waals surface area contributed by atoms with E-state index in [9.17, 15) is 18.0 Å². The van der Waals surface area contributed by atoms with E-state index in [2.05, 4.69) is 10.4 Å². The zero-order chi connectivity index (χ0) is 21.1. The minimum absolute atomic E-state index is 0.0762. The highest BCUT2D eigenvalue weighted by Crippen LogP contribution is 2.55. The number of hydrogen-bond acceptors (Lipinski definition) is 6. The van der Waals surface area contributed by atoms with Crippen LogP contribution in [0.4, 0.5) is 18.9 Å². The van der Waals surface area contributed by atoms with E-state index in [1.165, 1.54) is 17.9 Å². The van der Waals surface area contributed by atoms with Gasteiger partial charge in [0.25, 0.3) is 5.56 Å². The number of nitrogens with one attached hydrogen (secondary N) is 1. The standard InChI is InChI=1S/C20H16F3N3O4/c1-26-18(27)11-4-2-6-14(13(11)8-24-26)25-17(19(9-30-19)20(21,22)23)12-5-3-7-15-16(12)29-10-28-15/h2-8,17,25H,9-10H2,1H3. The van der Waals surface area contributed by atoms with Gasteiger partial charge in [-0.3, -0.25) is 4.79 Å². The number of hydrogen-bond donors (Lipinski definition) is 1. The molecule has 1 N–H and O–H groups in total. The molecule has 3 heterocycles. The van der Waals surface area contributed by atoms with Crippen LogP contribution in [0.2, 0.25) is 0 Å². The van der Waals surface area contributed by atoms with E-state index in [-0.39, 0.29) is 23.7 Å². The summed E-state index contributed by atoms with van der Waals surface area (Å²) in [4.78, 5) is 12.4. The fraction of sp³-hybridized carbons (Fsp3) is 0.300. The lowest BCUT2D eigenvalue weighted by atomic mass is 9.91. The molecule has 0 aliphatic carbocycles. The maximum atomic E-state index is 14.0. The minimum Gasteiger partial charge on any atom is -0.454 e. The van der Waals surface area contributed by atoms with Crippen molar-refractivity contribution in [3.8, 4) is 11.5 Å². The first kappa shape index (κ1) is 18.7.